The van der Waals surface area contributed by atoms with E-state index in [0.29, 0.717) is 31.2 Å². The van der Waals surface area contributed by atoms with E-state index in [0.717, 1.165) is 17.7 Å². The Bertz CT molecular complexity index is 583. The largest absolute Gasteiger partial charge is 0.355 e. The van der Waals surface area contributed by atoms with E-state index in [9.17, 15) is 9.59 Å². The van der Waals surface area contributed by atoms with Gasteiger partial charge < -0.3 is 15.1 Å². The number of rotatable bonds is 11. The summed E-state index contributed by atoms with van der Waals surface area (Å²) in [4.78, 5) is 27.8. The molecule has 1 N–H and O–H groups in total. The number of thioether (sulfide) groups is 1. The third-order valence-corrected chi connectivity index (χ3v) is 5.64. The van der Waals surface area contributed by atoms with Gasteiger partial charge in [0.05, 0.1) is 0 Å². The quantitative estimate of drug-likeness (QED) is 0.580. The van der Waals surface area contributed by atoms with Crippen LogP contribution in [0.4, 0.5) is 4.79 Å². The first-order valence-electron chi connectivity index (χ1n) is 9.23. The molecule has 0 spiro atoms. The lowest BCUT2D eigenvalue weighted by Crippen LogP contribution is -2.40. The second kappa shape index (κ2) is 11.3. The highest BCUT2D eigenvalue weighted by Crippen LogP contribution is 2.15. The molecule has 5 nitrogen and oxygen atoms in total. The van der Waals surface area contributed by atoms with Crippen LogP contribution in [0.15, 0.2) is 24.3 Å². The van der Waals surface area contributed by atoms with Gasteiger partial charge in [-0.3, -0.25) is 4.79 Å². The van der Waals surface area contributed by atoms with Crippen molar-refractivity contribution in [2.75, 3.05) is 37.7 Å². The Kier molecular flexibility index (Phi) is 9.12. The van der Waals surface area contributed by atoms with Gasteiger partial charge in [-0.05, 0) is 42.0 Å². The Morgan fingerprint density at radius 3 is 2.58 bits per heavy atom. The summed E-state index contributed by atoms with van der Waals surface area (Å²) < 4.78 is 0. The van der Waals surface area contributed by atoms with Crippen LogP contribution in [-0.2, 0) is 11.3 Å². The molecule has 1 aromatic rings. The van der Waals surface area contributed by atoms with Crippen LogP contribution in [0.1, 0.15) is 31.7 Å². The molecule has 3 amide bonds. The number of urea groups is 1. The van der Waals surface area contributed by atoms with E-state index in [2.05, 4.69) is 12.2 Å². The number of nitrogens with zero attached hydrogens (tertiary/aromatic N) is 2. The molecule has 0 aromatic heterocycles. The number of hydrogen-bond acceptors (Lipinski definition) is 3. The average Bonchev–Trinajstić information content (AvgIpc) is 2.96. The SMILES string of the molecule is CCCCSCCCNC(=O)CN1CCN(Cc2ccc(Cl)cc2)C1=O. The van der Waals surface area contributed by atoms with Crippen LogP contribution in [0.5, 0.6) is 0 Å². The molecule has 1 saturated heterocycles. The van der Waals surface area contributed by atoms with Gasteiger partial charge in [-0.15, -0.1) is 0 Å². The van der Waals surface area contributed by atoms with Gasteiger partial charge in [0.15, 0.2) is 0 Å². The second-order valence-corrected chi connectivity index (χ2v) is 8.08. The monoisotopic (exact) mass is 397 g/mol. The zero-order valence-electron chi connectivity index (χ0n) is 15.4. The van der Waals surface area contributed by atoms with Gasteiger partial charge in [0.1, 0.15) is 6.54 Å². The fourth-order valence-corrected chi connectivity index (χ4v) is 3.89. The molecule has 1 aliphatic heterocycles. The maximum Gasteiger partial charge on any atom is 0.320 e. The molecule has 0 atom stereocenters. The number of unbranched alkanes of at least 4 members (excludes halogenated alkanes) is 1. The van der Waals surface area contributed by atoms with Crippen molar-refractivity contribution in [1.29, 1.82) is 0 Å². The van der Waals surface area contributed by atoms with Crippen LogP contribution in [0.2, 0.25) is 5.02 Å². The van der Waals surface area contributed by atoms with Gasteiger partial charge in [-0.25, -0.2) is 4.79 Å². The van der Waals surface area contributed by atoms with Crippen molar-refractivity contribution in [3.8, 4) is 0 Å². The van der Waals surface area contributed by atoms with Gasteiger partial charge >= 0.3 is 6.03 Å². The highest BCUT2D eigenvalue weighted by atomic mass is 35.5. The van der Waals surface area contributed by atoms with Crippen molar-refractivity contribution in [3.63, 3.8) is 0 Å². The van der Waals surface area contributed by atoms with Gasteiger partial charge in [-0.2, -0.15) is 11.8 Å². The van der Waals surface area contributed by atoms with Crippen molar-refractivity contribution in [2.45, 2.75) is 32.7 Å². The lowest BCUT2D eigenvalue weighted by Gasteiger charge is -2.18. The zero-order chi connectivity index (χ0) is 18.8. The summed E-state index contributed by atoms with van der Waals surface area (Å²) in [6, 6.07) is 7.41. The minimum atomic E-state index is -0.0785. The molecule has 0 unspecified atom stereocenters. The second-order valence-electron chi connectivity index (χ2n) is 6.42. The molecule has 0 bridgehead atoms. The molecule has 1 heterocycles. The third-order valence-electron chi connectivity index (χ3n) is 4.23. The van der Waals surface area contributed by atoms with Gasteiger partial charge in [0.25, 0.3) is 0 Å². The lowest BCUT2D eigenvalue weighted by atomic mass is 10.2. The smallest absolute Gasteiger partial charge is 0.320 e. The summed E-state index contributed by atoms with van der Waals surface area (Å²) in [7, 11) is 0. The Hall–Kier alpha value is -1.40. The van der Waals surface area contributed by atoms with Gasteiger partial charge in [0, 0.05) is 31.2 Å². The number of nitrogens with one attached hydrogen (secondary N) is 1. The van der Waals surface area contributed by atoms with Crippen LogP contribution in [-0.4, -0.2) is 59.4 Å². The standard InChI is InChI=1S/C19H28ClN3O2S/c1-2-3-12-26-13-4-9-21-18(24)15-23-11-10-22(19(23)25)14-16-5-7-17(20)8-6-16/h5-8H,2-4,9-15H2,1H3,(H,21,24). The molecular formula is C19H28ClN3O2S. The molecule has 0 saturated carbocycles. The number of benzene rings is 1. The predicted octanol–water partition coefficient (Wildman–Crippen LogP) is 3.62. The van der Waals surface area contributed by atoms with E-state index in [1.165, 1.54) is 18.6 Å². The summed E-state index contributed by atoms with van der Waals surface area (Å²) in [5.74, 6) is 2.18. The van der Waals surface area contributed by atoms with Crippen LogP contribution < -0.4 is 5.32 Å². The summed E-state index contributed by atoms with van der Waals surface area (Å²) in [6.45, 7) is 4.78. The van der Waals surface area contributed by atoms with E-state index < -0.39 is 0 Å². The molecule has 2 rings (SSSR count). The van der Waals surface area contributed by atoms with Crippen molar-refractivity contribution in [1.82, 2.24) is 15.1 Å². The minimum Gasteiger partial charge on any atom is -0.355 e. The Balaban J connectivity index is 1.64. The molecule has 0 aliphatic carbocycles. The molecule has 7 heteroatoms. The molecular weight excluding hydrogens is 370 g/mol. The number of halogens is 1. The Morgan fingerprint density at radius 1 is 1.15 bits per heavy atom. The van der Waals surface area contributed by atoms with Crippen molar-refractivity contribution < 1.29 is 9.59 Å². The maximum absolute atomic E-state index is 12.4. The van der Waals surface area contributed by atoms with Gasteiger partial charge in [-0.1, -0.05) is 37.1 Å². The third kappa shape index (κ3) is 7.08. The molecule has 144 valence electrons. The van der Waals surface area contributed by atoms with Crippen LogP contribution in [0.3, 0.4) is 0 Å². The van der Waals surface area contributed by atoms with Crippen molar-refractivity contribution in [3.05, 3.63) is 34.9 Å². The lowest BCUT2D eigenvalue weighted by molar-refractivity contribution is -0.121. The fourth-order valence-electron chi connectivity index (χ4n) is 2.72. The van der Waals surface area contributed by atoms with Crippen molar-refractivity contribution in [2.24, 2.45) is 0 Å². The van der Waals surface area contributed by atoms with Crippen LogP contribution in [0.25, 0.3) is 0 Å². The number of carbonyl (C=O) groups excluding carboxylic acids is 2. The molecule has 1 fully saturated rings. The van der Waals surface area contributed by atoms with E-state index >= 15 is 0 Å². The topological polar surface area (TPSA) is 52.7 Å². The summed E-state index contributed by atoms with van der Waals surface area (Å²) in [6.07, 6.45) is 3.44. The number of amides is 3. The van der Waals surface area contributed by atoms with E-state index in [-0.39, 0.29) is 18.5 Å². The molecule has 1 aromatic carbocycles. The maximum atomic E-state index is 12.4. The zero-order valence-corrected chi connectivity index (χ0v) is 17.0. The molecule has 1 aliphatic rings. The number of carbonyl (C=O) groups is 2. The molecule has 0 radical (unpaired) electrons. The summed E-state index contributed by atoms with van der Waals surface area (Å²) >= 11 is 7.82. The Labute approximate surface area is 165 Å². The highest BCUT2D eigenvalue weighted by molar-refractivity contribution is 7.99. The first-order chi connectivity index (χ1) is 12.6. The minimum absolute atomic E-state index is 0.0785. The van der Waals surface area contributed by atoms with Crippen LogP contribution in [0, 0.1) is 0 Å². The average molecular weight is 398 g/mol. The molecule has 26 heavy (non-hydrogen) atoms. The number of hydrogen-bond donors (Lipinski definition) is 1. The fraction of sp³-hybridized carbons (Fsp3) is 0.579. The first kappa shape index (κ1) is 20.9. The Morgan fingerprint density at radius 2 is 1.85 bits per heavy atom. The van der Waals surface area contributed by atoms with E-state index in [1.54, 1.807) is 9.80 Å². The van der Waals surface area contributed by atoms with Crippen molar-refractivity contribution >= 4 is 35.3 Å². The van der Waals surface area contributed by atoms with Crippen LogP contribution >= 0.6 is 23.4 Å². The normalized spacial score (nSPS) is 14.2. The van der Waals surface area contributed by atoms with E-state index in [1.807, 2.05) is 36.0 Å². The van der Waals surface area contributed by atoms with Gasteiger partial charge in [0.2, 0.25) is 5.91 Å². The summed E-state index contributed by atoms with van der Waals surface area (Å²) in [5, 5.41) is 3.60. The van der Waals surface area contributed by atoms with E-state index in [4.69, 9.17) is 11.6 Å². The predicted molar refractivity (Wildman–Crippen MR) is 109 cm³/mol. The first-order valence-corrected chi connectivity index (χ1v) is 10.8. The summed E-state index contributed by atoms with van der Waals surface area (Å²) in [5.41, 5.74) is 1.04. The highest BCUT2D eigenvalue weighted by Gasteiger charge is 2.29.